The Morgan fingerprint density at radius 2 is 2.41 bits per heavy atom. The van der Waals surface area contributed by atoms with Gasteiger partial charge in [-0.05, 0) is 25.2 Å². The summed E-state index contributed by atoms with van der Waals surface area (Å²) in [4.78, 5) is 15.6. The number of pyridine rings is 1. The molecule has 92 valence electrons. The minimum atomic E-state index is -0.231. The Kier molecular flexibility index (Phi) is 3.57. The average Bonchev–Trinajstić information content (AvgIpc) is 2.28. The van der Waals surface area contributed by atoms with E-state index < -0.39 is 0 Å². The molecular weight excluding hydrogens is 236 g/mol. The number of nitrogens with one attached hydrogen (secondary N) is 1. The van der Waals surface area contributed by atoms with Crippen molar-refractivity contribution in [1.29, 1.82) is 0 Å². The summed E-state index contributed by atoms with van der Waals surface area (Å²) in [6, 6.07) is 1.53. The van der Waals surface area contributed by atoms with Crippen molar-refractivity contribution in [3.8, 4) is 5.75 Å². The van der Waals surface area contributed by atoms with E-state index in [1.165, 1.54) is 24.9 Å². The standard InChI is InChI=1S/C12H16N2O2S/c1-17-12(4-2-5-12)8-14-11(16)9-3-6-13-7-10(9)15/h3,6-7,15H,2,4-5,8H2,1H3,(H,14,16). The normalized spacial score (nSPS) is 17.2. The van der Waals surface area contributed by atoms with Crippen molar-refractivity contribution in [2.45, 2.75) is 24.0 Å². The highest BCUT2D eigenvalue weighted by atomic mass is 32.2. The second-order valence-corrected chi connectivity index (χ2v) is 5.59. The molecule has 0 radical (unpaired) electrons. The van der Waals surface area contributed by atoms with E-state index in [-0.39, 0.29) is 22.0 Å². The third-order valence-electron chi connectivity index (χ3n) is 3.31. The average molecular weight is 252 g/mol. The van der Waals surface area contributed by atoms with Gasteiger partial charge < -0.3 is 10.4 Å². The lowest BCUT2D eigenvalue weighted by atomic mass is 9.84. The van der Waals surface area contributed by atoms with Gasteiger partial charge in [-0.1, -0.05) is 6.42 Å². The van der Waals surface area contributed by atoms with Gasteiger partial charge >= 0.3 is 0 Å². The molecule has 0 aromatic carbocycles. The first-order valence-corrected chi connectivity index (χ1v) is 6.86. The maximum Gasteiger partial charge on any atom is 0.255 e. The van der Waals surface area contributed by atoms with E-state index in [0.29, 0.717) is 6.54 Å². The summed E-state index contributed by atoms with van der Waals surface area (Å²) < 4.78 is 0.207. The Balaban J connectivity index is 1.96. The number of aromatic nitrogens is 1. The van der Waals surface area contributed by atoms with Crippen LogP contribution in [0.1, 0.15) is 29.6 Å². The third-order valence-corrected chi connectivity index (χ3v) is 4.73. The summed E-state index contributed by atoms with van der Waals surface area (Å²) >= 11 is 1.81. The van der Waals surface area contributed by atoms with Crippen LogP contribution < -0.4 is 5.32 Å². The van der Waals surface area contributed by atoms with Gasteiger partial charge in [-0.2, -0.15) is 11.8 Å². The molecule has 4 nitrogen and oxygen atoms in total. The van der Waals surface area contributed by atoms with Gasteiger partial charge in [0.25, 0.3) is 5.91 Å². The van der Waals surface area contributed by atoms with Crippen LogP contribution in [0.5, 0.6) is 5.75 Å². The highest BCUT2D eigenvalue weighted by molar-refractivity contribution is 8.00. The Labute approximate surface area is 105 Å². The Morgan fingerprint density at radius 3 is 2.94 bits per heavy atom. The zero-order chi connectivity index (χ0) is 12.3. The molecule has 0 atom stereocenters. The lowest BCUT2D eigenvalue weighted by molar-refractivity contribution is 0.0941. The molecule has 2 N–H and O–H groups in total. The van der Waals surface area contributed by atoms with E-state index in [1.807, 2.05) is 11.8 Å². The molecule has 5 heteroatoms. The zero-order valence-electron chi connectivity index (χ0n) is 9.77. The van der Waals surface area contributed by atoms with Gasteiger partial charge in [0.15, 0.2) is 0 Å². The van der Waals surface area contributed by atoms with Crippen LogP contribution in [0.15, 0.2) is 18.5 Å². The largest absolute Gasteiger partial charge is 0.505 e. The van der Waals surface area contributed by atoms with Crippen LogP contribution in [-0.4, -0.2) is 33.5 Å². The Hall–Kier alpha value is -1.23. The van der Waals surface area contributed by atoms with Crippen molar-refractivity contribution in [1.82, 2.24) is 10.3 Å². The fraction of sp³-hybridized carbons (Fsp3) is 0.500. The van der Waals surface area contributed by atoms with E-state index in [1.54, 1.807) is 0 Å². The first kappa shape index (κ1) is 12.2. The van der Waals surface area contributed by atoms with Gasteiger partial charge in [0.05, 0.1) is 11.8 Å². The molecule has 0 bridgehead atoms. The molecule has 1 saturated carbocycles. The molecule has 0 unspecified atom stereocenters. The molecular formula is C12H16N2O2S. The number of carbonyl (C=O) groups excluding carboxylic acids is 1. The lowest BCUT2D eigenvalue weighted by Gasteiger charge is -2.40. The van der Waals surface area contributed by atoms with Crippen LogP contribution in [-0.2, 0) is 0 Å². The number of nitrogens with zero attached hydrogens (tertiary/aromatic N) is 1. The Morgan fingerprint density at radius 1 is 1.65 bits per heavy atom. The molecule has 2 rings (SSSR count). The molecule has 1 amide bonds. The van der Waals surface area contributed by atoms with E-state index in [0.717, 1.165) is 12.8 Å². The monoisotopic (exact) mass is 252 g/mol. The summed E-state index contributed by atoms with van der Waals surface area (Å²) in [5.74, 6) is -0.304. The Bertz CT molecular complexity index is 413. The zero-order valence-corrected chi connectivity index (χ0v) is 10.6. The van der Waals surface area contributed by atoms with Crippen molar-refractivity contribution in [2.24, 2.45) is 0 Å². The van der Waals surface area contributed by atoms with Crippen LogP contribution in [0, 0.1) is 0 Å². The van der Waals surface area contributed by atoms with Crippen LogP contribution in [0.3, 0.4) is 0 Å². The summed E-state index contributed by atoms with van der Waals surface area (Å²) in [5.41, 5.74) is 0.288. The molecule has 0 aliphatic heterocycles. The molecule has 0 spiro atoms. The summed E-state index contributed by atoms with van der Waals surface area (Å²) in [7, 11) is 0. The van der Waals surface area contributed by atoms with Gasteiger partial charge in [-0.15, -0.1) is 0 Å². The SMILES string of the molecule is CSC1(CNC(=O)c2ccncc2O)CCC1. The van der Waals surface area contributed by atoms with Gasteiger partial charge in [0, 0.05) is 17.5 Å². The van der Waals surface area contributed by atoms with Crippen LogP contribution >= 0.6 is 11.8 Å². The van der Waals surface area contributed by atoms with Crippen LogP contribution in [0.4, 0.5) is 0 Å². The van der Waals surface area contributed by atoms with Gasteiger partial charge in [0.1, 0.15) is 5.75 Å². The molecule has 1 fully saturated rings. The number of carbonyl (C=O) groups is 1. The van der Waals surface area contributed by atoms with Crippen molar-refractivity contribution < 1.29 is 9.90 Å². The fourth-order valence-electron chi connectivity index (χ4n) is 1.94. The van der Waals surface area contributed by atoms with Crippen molar-refractivity contribution in [3.63, 3.8) is 0 Å². The van der Waals surface area contributed by atoms with Gasteiger partial charge in [-0.25, -0.2) is 0 Å². The van der Waals surface area contributed by atoms with Gasteiger partial charge in [-0.3, -0.25) is 9.78 Å². The summed E-state index contributed by atoms with van der Waals surface area (Å²) in [6.07, 6.45) is 8.39. The van der Waals surface area contributed by atoms with E-state index >= 15 is 0 Å². The molecule has 1 aromatic rings. The predicted molar refractivity (Wildman–Crippen MR) is 68.3 cm³/mol. The molecule has 1 heterocycles. The lowest BCUT2D eigenvalue weighted by Crippen LogP contribution is -2.45. The molecule has 0 saturated heterocycles. The fourth-order valence-corrected chi connectivity index (χ4v) is 2.85. The molecule has 1 aliphatic carbocycles. The summed E-state index contributed by atoms with van der Waals surface area (Å²) in [6.45, 7) is 0.661. The minimum Gasteiger partial charge on any atom is -0.505 e. The van der Waals surface area contributed by atoms with E-state index in [9.17, 15) is 9.90 Å². The highest BCUT2D eigenvalue weighted by Gasteiger charge is 2.36. The second-order valence-electron chi connectivity index (χ2n) is 4.32. The van der Waals surface area contributed by atoms with Gasteiger partial charge in [0.2, 0.25) is 0 Å². The highest BCUT2D eigenvalue weighted by Crippen LogP contribution is 2.42. The van der Waals surface area contributed by atoms with E-state index in [2.05, 4.69) is 16.6 Å². The number of hydrogen-bond donors (Lipinski definition) is 2. The van der Waals surface area contributed by atoms with Crippen LogP contribution in [0.2, 0.25) is 0 Å². The quantitative estimate of drug-likeness (QED) is 0.857. The van der Waals surface area contributed by atoms with Crippen molar-refractivity contribution in [3.05, 3.63) is 24.0 Å². The molecule has 1 aliphatic rings. The second kappa shape index (κ2) is 4.96. The third kappa shape index (κ3) is 2.54. The number of hydrogen-bond acceptors (Lipinski definition) is 4. The minimum absolute atomic E-state index is 0.0724. The maximum atomic E-state index is 11.9. The first-order valence-electron chi connectivity index (χ1n) is 5.63. The number of amides is 1. The van der Waals surface area contributed by atoms with Crippen LogP contribution in [0.25, 0.3) is 0 Å². The smallest absolute Gasteiger partial charge is 0.255 e. The summed E-state index contributed by atoms with van der Waals surface area (Å²) in [5, 5.41) is 12.4. The number of thioether (sulfide) groups is 1. The van der Waals surface area contributed by atoms with E-state index in [4.69, 9.17) is 0 Å². The molecule has 1 aromatic heterocycles. The molecule has 17 heavy (non-hydrogen) atoms. The number of aromatic hydroxyl groups is 1. The van der Waals surface area contributed by atoms with Crippen molar-refractivity contribution in [2.75, 3.05) is 12.8 Å². The van der Waals surface area contributed by atoms with Crippen molar-refractivity contribution >= 4 is 17.7 Å². The predicted octanol–water partition coefficient (Wildman–Crippen LogP) is 1.80. The number of rotatable bonds is 4. The maximum absolute atomic E-state index is 11.9. The topological polar surface area (TPSA) is 62.2 Å². The first-order chi connectivity index (χ1) is 8.17.